The maximum atomic E-state index is 5.91. The van der Waals surface area contributed by atoms with E-state index in [0.717, 1.165) is 56.0 Å². The molecule has 3 nitrogen and oxygen atoms in total. The summed E-state index contributed by atoms with van der Waals surface area (Å²) < 4.78 is 12.3. The van der Waals surface area contributed by atoms with Crippen LogP contribution in [0, 0.1) is 5.92 Å². The molecule has 0 radical (unpaired) electrons. The van der Waals surface area contributed by atoms with Gasteiger partial charge in [-0.2, -0.15) is 0 Å². The Balaban J connectivity index is 1.85. The van der Waals surface area contributed by atoms with Crippen LogP contribution in [0.1, 0.15) is 25.3 Å². The Hall–Kier alpha value is -0.580. The van der Waals surface area contributed by atoms with Crippen LogP contribution in [0.5, 0.6) is 5.75 Å². The Morgan fingerprint density at radius 2 is 2.16 bits per heavy atom. The molecule has 19 heavy (non-hydrogen) atoms. The summed E-state index contributed by atoms with van der Waals surface area (Å²) in [4.78, 5) is 0. The lowest BCUT2D eigenvalue weighted by Crippen LogP contribution is -2.21. The summed E-state index contributed by atoms with van der Waals surface area (Å²) >= 11 is 3.59. The molecule has 0 spiro atoms. The van der Waals surface area contributed by atoms with Crippen LogP contribution in [0.15, 0.2) is 22.7 Å². The molecular formula is C15H22BrNO2. The second kappa shape index (κ2) is 7.88. The monoisotopic (exact) mass is 327 g/mol. The molecule has 1 aliphatic heterocycles. The minimum atomic E-state index is 0.627. The van der Waals surface area contributed by atoms with Crippen LogP contribution in [0.4, 0.5) is 0 Å². The van der Waals surface area contributed by atoms with Crippen LogP contribution in [0.25, 0.3) is 0 Å². The van der Waals surface area contributed by atoms with Gasteiger partial charge in [0.15, 0.2) is 0 Å². The normalized spacial score (nSPS) is 16.5. The fourth-order valence-corrected chi connectivity index (χ4v) is 2.70. The van der Waals surface area contributed by atoms with Crippen molar-refractivity contribution >= 4 is 15.9 Å². The molecule has 0 amide bonds. The zero-order chi connectivity index (χ0) is 13.5. The first-order chi connectivity index (χ1) is 9.29. The zero-order valence-corrected chi connectivity index (χ0v) is 13.0. The van der Waals surface area contributed by atoms with Crippen molar-refractivity contribution in [2.24, 2.45) is 5.92 Å². The Morgan fingerprint density at radius 1 is 1.37 bits per heavy atom. The summed E-state index contributed by atoms with van der Waals surface area (Å²) in [5.41, 5.74) is 1.27. The van der Waals surface area contributed by atoms with Crippen molar-refractivity contribution in [1.82, 2.24) is 5.32 Å². The first kappa shape index (κ1) is 14.8. The molecule has 106 valence electrons. The van der Waals surface area contributed by atoms with Crippen LogP contribution < -0.4 is 10.1 Å². The van der Waals surface area contributed by atoms with E-state index in [9.17, 15) is 0 Å². The minimum absolute atomic E-state index is 0.627. The second-order valence-electron chi connectivity index (χ2n) is 4.91. The first-order valence-corrected chi connectivity index (χ1v) is 7.78. The number of hydrogen-bond acceptors (Lipinski definition) is 3. The van der Waals surface area contributed by atoms with E-state index in [1.807, 2.05) is 0 Å². The van der Waals surface area contributed by atoms with Gasteiger partial charge in [0.1, 0.15) is 5.75 Å². The highest BCUT2D eigenvalue weighted by atomic mass is 79.9. The summed E-state index contributed by atoms with van der Waals surface area (Å²) in [5, 5.41) is 3.32. The van der Waals surface area contributed by atoms with Crippen LogP contribution in [-0.2, 0) is 11.3 Å². The Bertz CT molecular complexity index is 392. The molecule has 1 aromatic rings. The maximum absolute atomic E-state index is 5.91. The molecule has 1 fully saturated rings. The Kier molecular flexibility index (Phi) is 6.14. The molecule has 1 aliphatic rings. The highest BCUT2D eigenvalue weighted by Gasteiger charge is 2.15. The Labute approximate surface area is 123 Å². The lowest BCUT2D eigenvalue weighted by molar-refractivity contribution is 0.0496. The van der Waals surface area contributed by atoms with Gasteiger partial charge in [0.05, 0.1) is 11.1 Å². The molecule has 1 saturated heterocycles. The quantitative estimate of drug-likeness (QED) is 0.869. The van der Waals surface area contributed by atoms with Crippen LogP contribution >= 0.6 is 15.9 Å². The van der Waals surface area contributed by atoms with Crippen LogP contribution in [-0.4, -0.2) is 26.4 Å². The zero-order valence-electron chi connectivity index (χ0n) is 11.5. The smallest absolute Gasteiger partial charge is 0.133 e. The lowest BCUT2D eigenvalue weighted by Gasteiger charge is -2.22. The number of halogens is 1. The van der Waals surface area contributed by atoms with Crippen LogP contribution in [0.2, 0.25) is 0 Å². The largest absolute Gasteiger partial charge is 0.492 e. The predicted molar refractivity (Wildman–Crippen MR) is 80.6 cm³/mol. The van der Waals surface area contributed by atoms with Gasteiger partial charge in [0.2, 0.25) is 0 Å². The third-order valence-electron chi connectivity index (χ3n) is 3.39. The Morgan fingerprint density at radius 3 is 2.84 bits per heavy atom. The summed E-state index contributed by atoms with van der Waals surface area (Å²) in [6.45, 7) is 6.53. The summed E-state index contributed by atoms with van der Waals surface area (Å²) in [6.07, 6.45) is 2.21. The molecule has 0 saturated carbocycles. The minimum Gasteiger partial charge on any atom is -0.492 e. The predicted octanol–water partition coefficient (Wildman–Crippen LogP) is 3.36. The number of nitrogens with one attached hydrogen (secondary N) is 1. The fraction of sp³-hybridized carbons (Fsp3) is 0.600. The molecule has 0 unspecified atom stereocenters. The van der Waals surface area contributed by atoms with Gasteiger partial charge in [-0.05, 0) is 58.9 Å². The summed E-state index contributed by atoms with van der Waals surface area (Å²) in [7, 11) is 0. The van der Waals surface area contributed by atoms with E-state index in [1.54, 1.807) is 0 Å². The van der Waals surface area contributed by atoms with E-state index in [4.69, 9.17) is 9.47 Å². The molecule has 0 aromatic heterocycles. The highest BCUT2D eigenvalue weighted by molar-refractivity contribution is 9.10. The summed E-state index contributed by atoms with van der Waals surface area (Å²) in [5.74, 6) is 1.56. The third kappa shape index (κ3) is 4.79. The van der Waals surface area contributed by atoms with E-state index < -0.39 is 0 Å². The van der Waals surface area contributed by atoms with Crippen molar-refractivity contribution in [1.29, 1.82) is 0 Å². The fourth-order valence-electron chi connectivity index (χ4n) is 2.16. The van der Waals surface area contributed by atoms with Crippen molar-refractivity contribution < 1.29 is 9.47 Å². The van der Waals surface area contributed by atoms with Gasteiger partial charge in [-0.3, -0.25) is 0 Å². The van der Waals surface area contributed by atoms with Crippen molar-refractivity contribution in [3.8, 4) is 5.75 Å². The van der Waals surface area contributed by atoms with Gasteiger partial charge in [-0.15, -0.1) is 0 Å². The third-order valence-corrected chi connectivity index (χ3v) is 4.01. The lowest BCUT2D eigenvalue weighted by atomic mass is 10.0. The molecule has 1 heterocycles. The number of rotatable bonds is 6. The van der Waals surface area contributed by atoms with Crippen molar-refractivity contribution in [3.05, 3.63) is 28.2 Å². The molecule has 0 bridgehead atoms. The molecule has 2 rings (SSSR count). The summed E-state index contributed by atoms with van der Waals surface area (Å²) in [6, 6.07) is 6.30. The number of hydrogen-bond donors (Lipinski definition) is 1. The molecule has 4 heteroatoms. The van der Waals surface area contributed by atoms with Crippen molar-refractivity contribution in [2.45, 2.75) is 26.3 Å². The average molecular weight is 328 g/mol. The molecule has 0 atom stereocenters. The van der Waals surface area contributed by atoms with Crippen molar-refractivity contribution in [3.63, 3.8) is 0 Å². The van der Waals surface area contributed by atoms with E-state index in [1.165, 1.54) is 5.56 Å². The van der Waals surface area contributed by atoms with Gasteiger partial charge in [-0.25, -0.2) is 0 Å². The van der Waals surface area contributed by atoms with E-state index in [2.05, 4.69) is 46.4 Å². The van der Waals surface area contributed by atoms with Crippen LogP contribution in [0.3, 0.4) is 0 Å². The van der Waals surface area contributed by atoms with E-state index in [-0.39, 0.29) is 0 Å². The van der Waals surface area contributed by atoms with Gasteiger partial charge >= 0.3 is 0 Å². The molecule has 1 N–H and O–H groups in total. The van der Waals surface area contributed by atoms with Gasteiger partial charge < -0.3 is 14.8 Å². The van der Waals surface area contributed by atoms with Gasteiger partial charge in [-0.1, -0.05) is 13.0 Å². The van der Waals surface area contributed by atoms with Gasteiger partial charge in [0, 0.05) is 19.8 Å². The SMILES string of the molecule is CCNCc1ccc(OCC2CCOCC2)c(Br)c1. The van der Waals surface area contributed by atoms with Crippen molar-refractivity contribution in [2.75, 3.05) is 26.4 Å². The van der Waals surface area contributed by atoms with Gasteiger partial charge in [0.25, 0.3) is 0 Å². The molecule has 0 aliphatic carbocycles. The number of ether oxygens (including phenoxy) is 2. The highest BCUT2D eigenvalue weighted by Crippen LogP contribution is 2.27. The number of benzene rings is 1. The second-order valence-corrected chi connectivity index (χ2v) is 5.77. The average Bonchev–Trinajstić information content (AvgIpc) is 2.45. The molecular weight excluding hydrogens is 306 g/mol. The molecule has 1 aromatic carbocycles. The maximum Gasteiger partial charge on any atom is 0.133 e. The standard InChI is InChI=1S/C15H22BrNO2/c1-2-17-10-13-3-4-15(14(16)9-13)19-11-12-5-7-18-8-6-12/h3-4,9,12,17H,2,5-8,10-11H2,1H3. The van der Waals surface area contributed by atoms with E-state index in [0.29, 0.717) is 5.92 Å². The topological polar surface area (TPSA) is 30.5 Å². The first-order valence-electron chi connectivity index (χ1n) is 6.99. The van der Waals surface area contributed by atoms with E-state index >= 15 is 0 Å².